The maximum absolute atomic E-state index is 11.4. The summed E-state index contributed by atoms with van der Waals surface area (Å²) >= 11 is 7.33. The number of hydrogen-bond donors (Lipinski definition) is 0. The summed E-state index contributed by atoms with van der Waals surface area (Å²) < 4.78 is 11.2. The van der Waals surface area contributed by atoms with Crippen LogP contribution in [0.5, 0.6) is 5.75 Å². The van der Waals surface area contributed by atoms with E-state index in [9.17, 15) is 4.79 Å². The first kappa shape index (κ1) is 17.2. The Hall–Kier alpha value is -1.65. The number of rotatable bonds is 6. The van der Waals surface area contributed by atoms with Gasteiger partial charge in [-0.2, -0.15) is 0 Å². The largest absolute Gasteiger partial charge is 0.486 e. The predicted molar refractivity (Wildman–Crippen MR) is 96.4 cm³/mol. The van der Waals surface area contributed by atoms with E-state index in [0.717, 1.165) is 47.0 Å². The number of benzene rings is 2. The van der Waals surface area contributed by atoms with Crippen molar-refractivity contribution in [1.29, 1.82) is 0 Å². The molecule has 3 rings (SSSR count). The number of ether oxygens (including phenoxy) is 1. The van der Waals surface area contributed by atoms with Crippen LogP contribution in [-0.4, -0.2) is 5.97 Å². The summed E-state index contributed by atoms with van der Waals surface area (Å²) in [6, 6.07) is 13.6. The summed E-state index contributed by atoms with van der Waals surface area (Å²) in [7, 11) is 0. The second-order valence-corrected chi connectivity index (χ2v) is 6.92. The third kappa shape index (κ3) is 4.05. The normalized spacial score (nSPS) is 15.8. The molecule has 2 aromatic rings. The van der Waals surface area contributed by atoms with Gasteiger partial charge < -0.3 is 8.92 Å². The molecule has 3 nitrogen and oxygen atoms in total. The van der Waals surface area contributed by atoms with Crippen LogP contribution < -0.4 is 4.74 Å². The maximum Gasteiger partial charge on any atom is 0.318 e. The average molecular weight is 363 g/mol. The van der Waals surface area contributed by atoms with Crippen molar-refractivity contribution < 1.29 is 13.7 Å². The lowest BCUT2D eigenvalue weighted by Gasteiger charge is -2.15. The average Bonchev–Trinajstić information content (AvgIpc) is 2.99. The van der Waals surface area contributed by atoms with Gasteiger partial charge in [-0.05, 0) is 60.7 Å². The van der Waals surface area contributed by atoms with Crippen molar-refractivity contribution in [3.8, 4) is 5.75 Å². The van der Waals surface area contributed by atoms with E-state index in [1.807, 2.05) is 43.3 Å². The molecule has 1 aliphatic rings. The van der Waals surface area contributed by atoms with Gasteiger partial charge >= 0.3 is 5.97 Å². The monoisotopic (exact) mass is 362 g/mol. The quantitative estimate of drug-likeness (QED) is 0.612. The fourth-order valence-electron chi connectivity index (χ4n) is 2.77. The number of hydrogen-bond acceptors (Lipinski definition) is 4. The first-order chi connectivity index (χ1) is 11.7. The predicted octanol–water partition coefficient (Wildman–Crippen LogP) is 5.76. The first-order valence-electron chi connectivity index (χ1n) is 8.08. The van der Waals surface area contributed by atoms with E-state index in [-0.39, 0.29) is 12.1 Å². The van der Waals surface area contributed by atoms with Gasteiger partial charge in [0.1, 0.15) is 11.9 Å². The van der Waals surface area contributed by atoms with Gasteiger partial charge in [-0.15, -0.1) is 0 Å². The number of carbonyl (C=O) groups excluding carboxylic acids is 1. The van der Waals surface area contributed by atoms with Gasteiger partial charge in [0, 0.05) is 16.3 Å². The number of fused-ring (bicyclic) bond motifs is 1. The minimum atomic E-state index is -0.192. The van der Waals surface area contributed by atoms with Crippen LogP contribution in [0.2, 0.25) is 5.02 Å². The van der Waals surface area contributed by atoms with Crippen molar-refractivity contribution in [2.24, 2.45) is 0 Å². The van der Waals surface area contributed by atoms with Gasteiger partial charge in [-0.3, -0.25) is 4.79 Å². The SMILES string of the molecule is CCCC(=O)OSc1ccc(OC2CCc3c(Cl)cccc32)cc1. The highest BCUT2D eigenvalue weighted by Crippen LogP contribution is 2.38. The topological polar surface area (TPSA) is 35.5 Å². The molecule has 2 aromatic carbocycles. The lowest BCUT2D eigenvalue weighted by atomic mass is 10.1. The smallest absolute Gasteiger partial charge is 0.318 e. The fraction of sp³-hybridized carbons (Fsp3) is 0.316. The summed E-state index contributed by atoms with van der Waals surface area (Å²) in [6.45, 7) is 1.95. The molecular weight excluding hydrogens is 344 g/mol. The molecule has 0 aliphatic heterocycles. The molecule has 0 N–H and O–H groups in total. The molecule has 5 heteroatoms. The molecule has 0 bridgehead atoms. The van der Waals surface area contributed by atoms with Crippen LogP contribution in [0.25, 0.3) is 0 Å². The summed E-state index contributed by atoms with van der Waals surface area (Å²) in [4.78, 5) is 12.3. The molecule has 24 heavy (non-hydrogen) atoms. The van der Waals surface area contributed by atoms with Crippen LogP contribution in [0.4, 0.5) is 0 Å². The molecule has 1 aliphatic carbocycles. The highest BCUT2D eigenvalue weighted by Gasteiger charge is 2.25. The van der Waals surface area contributed by atoms with Crippen molar-refractivity contribution >= 4 is 29.6 Å². The summed E-state index contributed by atoms with van der Waals surface area (Å²) in [5.74, 6) is 0.610. The highest BCUT2D eigenvalue weighted by molar-refractivity contribution is 7.95. The lowest BCUT2D eigenvalue weighted by molar-refractivity contribution is -0.133. The lowest BCUT2D eigenvalue weighted by Crippen LogP contribution is -2.03. The minimum absolute atomic E-state index is 0.0413. The van der Waals surface area contributed by atoms with Crippen LogP contribution in [0.1, 0.15) is 43.4 Å². The van der Waals surface area contributed by atoms with Crippen LogP contribution >= 0.6 is 23.6 Å². The van der Waals surface area contributed by atoms with Crippen molar-refractivity contribution in [2.45, 2.75) is 43.6 Å². The van der Waals surface area contributed by atoms with Crippen molar-refractivity contribution in [2.75, 3.05) is 0 Å². The third-order valence-corrected chi connectivity index (χ3v) is 5.03. The molecule has 0 heterocycles. The van der Waals surface area contributed by atoms with Gasteiger partial charge in [-0.25, -0.2) is 0 Å². The molecule has 0 aromatic heterocycles. The Morgan fingerprint density at radius 1 is 1.25 bits per heavy atom. The summed E-state index contributed by atoms with van der Waals surface area (Å²) in [5, 5.41) is 0.819. The van der Waals surface area contributed by atoms with Gasteiger partial charge in [0.2, 0.25) is 0 Å². The second kappa shape index (κ2) is 7.95. The minimum Gasteiger partial charge on any atom is -0.486 e. The van der Waals surface area contributed by atoms with Gasteiger partial charge in [0.05, 0.1) is 12.0 Å². The molecule has 0 radical (unpaired) electrons. The van der Waals surface area contributed by atoms with Gasteiger partial charge in [-0.1, -0.05) is 30.7 Å². The summed E-state index contributed by atoms with van der Waals surface area (Å²) in [6.07, 6.45) is 3.15. The molecule has 0 amide bonds. The van der Waals surface area contributed by atoms with E-state index in [2.05, 4.69) is 6.07 Å². The van der Waals surface area contributed by atoms with E-state index in [4.69, 9.17) is 20.5 Å². The zero-order chi connectivity index (χ0) is 16.9. The maximum atomic E-state index is 11.4. The van der Waals surface area contributed by atoms with E-state index in [1.165, 1.54) is 11.1 Å². The Labute approximate surface area is 151 Å². The Balaban J connectivity index is 1.60. The van der Waals surface area contributed by atoms with Crippen molar-refractivity contribution in [3.05, 3.63) is 58.6 Å². The van der Waals surface area contributed by atoms with Gasteiger partial charge in [0.15, 0.2) is 0 Å². The van der Waals surface area contributed by atoms with Crippen LogP contribution in [-0.2, 0) is 15.4 Å². The number of carbonyl (C=O) groups is 1. The van der Waals surface area contributed by atoms with E-state index >= 15 is 0 Å². The molecule has 1 unspecified atom stereocenters. The fourth-order valence-corrected chi connectivity index (χ4v) is 3.57. The molecule has 0 spiro atoms. The standard InChI is InChI=1S/C19H19ClO3S/c1-2-4-19(21)23-24-14-9-7-13(8-10-14)22-18-12-11-15-16(18)5-3-6-17(15)20/h3,5-10,18H,2,4,11-12H2,1H3. The highest BCUT2D eigenvalue weighted by atomic mass is 35.5. The zero-order valence-corrected chi connectivity index (χ0v) is 15.0. The third-order valence-electron chi connectivity index (χ3n) is 3.95. The molecule has 0 saturated carbocycles. The molecule has 0 saturated heterocycles. The Bertz CT molecular complexity index is 715. The van der Waals surface area contributed by atoms with E-state index in [1.54, 1.807) is 0 Å². The molecule has 0 fully saturated rings. The Kier molecular flexibility index (Phi) is 5.69. The number of halogens is 1. The molecule has 1 atom stereocenters. The second-order valence-electron chi connectivity index (χ2n) is 5.71. The summed E-state index contributed by atoms with van der Waals surface area (Å²) in [5.41, 5.74) is 2.37. The van der Waals surface area contributed by atoms with Crippen molar-refractivity contribution in [3.63, 3.8) is 0 Å². The van der Waals surface area contributed by atoms with Crippen LogP contribution in [0, 0.1) is 0 Å². The van der Waals surface area contributed by atoms with E-state index in [0.29, 0.717) is 6.42 Å². The van der Waals surface area contributed by atoms with Crippen molar-refractivity contribution in [1.82, 2.24) is 0 Å². The zero-order valence-electron chi connectivity index (χ0n) is 13.5. The molecular formula is C19H19ClO3S. The van der Waals surface area contributed by atoms with Crippen LogP contribution in [0.15, 0.2) is 47.4 Å². The molecule has 126 valence electrons. The van der Waals surface area contributed by atoms with E-state index < -0.39 is 0 Å². The Morgan fingerprint density at radius 2 is 2.04 bits per heavy atom. The van der Waals surface area contributed by atoms with Gasteiger partial charge in [0.25, 0.3) is 0 Å². The Morgan fingerprint density at radius 3 is 2.79 bits per heavy atom. The van der Waals surface area contributed by atoms with Crippen LogP contribution in [0.3, 0.4) is 0 Å². The first-order valence-corrected chi connectivity index (χ1v) is 9.20.